The third-order valence-corrected chi connectivity index (χ3v) is 4.43. The molecule has 0 radical (unpaired) electrons. The Kier molecular flexibility index (Phi) is 4.12. The predicted octanol–water partition coefficient (Wildman–Crippen LogP) is 2.15. The Bertz CT molecular complexity index is 952. The first kappa shape index (κ1) is 16.3. The van der Waals surface area contributed by atoms with Gasteiger partial charge in [0.05, 0.1) is 13.0 Å². The smallest absolute Gasteiger partial charge is 0.238 e. The highest BCUT2D eigenvalue weighted by Crippen LogP contribution is 2.30. The molecule has 3 heterocycles. The molecule has 132 valence electrons. The molecule has 0 spiro atoms. The molecular weight excluding hydrogens is 330 g/mol. The number of nitrogens with zero attached hydrogens (tertiary/aromatic N) is 5. The molecule has 0 N–H and O–H groups in total. The van der Waals surface area contributed by atoms with Crippen molar-refractivity contribution in [1.82, 2.24) is 19.7 Å². The lowest BCUT2D eigenvalue weighted by atomic mass is 10.2. The first-order valence-electron chi connectivity index (χ1n) is 8.48. The summed E-state index contributed by atoms with van der Waals surface area (Å²) in [7, 11) is 1.88. The van der Waals surface area contributed by atoms with Crippen molar-refractivity contribution < 1.29 is 9.53 Å². The number of ether oxygens (including phenoxy) is 1. The first-order chi connectivity index (χ1) is 12.6. The van der Waals surface area contributed by atoms with Crippen LogP contribution in [0.15, 0.2) is 42.5 Å². The second-order valence-electron chi connectivity index (χ2n) is 6.21. The Labute approximate surface area is 151 Å². The lowest BCUT2D eigenvalue weighted by molar-refractivity contribution is -0.118. The van der Waals surface area contributed by atoms with Gasteiger partial charge in [0.25, 0.3) is 0 Å². The zero-order chi connectivity index (χ0) is 18.1. The molecule has 26 heavy (non-hydrogen) atoms. The minimum atomic E-state index is -0.0460. The van der Waals surface area contributed by atoms with E-state index in [-0.39, 0.29) is 12.3 Å². The number of carbonyl (C=O) groups excluding carboxylic acids is 1. The van der Waals surface area contributed by atoms with E-state index >= 15 is 0 Å². The number of fused-ring (bicyclic) bond motifs is 1. The van der Waals surface area contributed by atoms with E-state index in [1.54, 1.807) is 4.90 Å². The van der Waals surface area contributed by atoms with Crippen LogP contribution in [-0.4, -0.2) is 38.8 Å². The summed E-state index contributed by atoms with van der Waals surface area (Å²) in [5.41, 5.74) is 2.54. The lowest BCUT2D eigenvalue weighted by Gasteiger charge is -2.28. The van der Waals surface area contributed by atoms with Crippen molar-refractivity contribution in [2.45, 2.75) is 13.3 Å². The zero-order valence-electron chi connectivity index (χ0n) is 14.7. The van der Waals surface area contributed by atoms with E-state index in [2.05, 4.69) is 15.2 Å². The van der Waals surface area contributed by atoms with E-state index in [0.29, 0.717) is 30.5 Å². The molecule has 0 saturated carbocycles. The number of hydrogen-bond donors (Lipinski definition) is 0. The summed E-state index contributed by atoms with van der Waals surface area (Å²) in [4.78, 5) is 19.0. The van der Waals surface area contributed by atoms with Crippen LogP contribution in [0.25, 0.3) is 11.4 Å². The molecule has 2 aromatic heterocycles. The van der Waals surface area contributed by atoms with Crippen LogP contribution in [-0.2, 0) is 18.3 Å². The fourth-order valence-corrected chi connectivity index (χ4v) is 3.04. The van der Waals surface area contributed by atoms with Crippen molar-refractivity contribution in [3.8, 4) is 17.3 Å². The number of anilines is 1. The van der Waals surface area contributed by atoms with Crippen LogP contribution < -0.4 is 9.64 Å². The number of amides is 1. The van der Waals surface area contributed by atoms with E-state index in [4.69, 9.17) is 4.74 Å². The molecule has 7 nitrogen and oxygen atoms in total. The van der Waals surface area contributed by atoms with E-state index in [0.717, 1.165) is 17.1 Å². The van der Waals surface area contributed by atoms with E-state index in [1.807, 2.05) is 61.0 Å². The van der Waals surface area contributed by atoms with Gasteiger partial charge in [-0.3, -0.25) is 4.79 Å². The number of hydrogen-bond acceptors (Lipinski definition) is 5. The number of aryl methyl sites for hydroxylation is 1. The van der Waals surface area contributed by atoms with Gasteiger partial charge in [-0.25, -0.2) is 4.98 Å². The van der Waals surface area contributed by atoms with Gasteiger partial charge < -0.3 is 14.2 Å². The van der Waals surface area contributed by atoms with Gasteiger partial charge in [-0.15, -0.1) is 10.2 Å². The monoisotopic (exact) mass is 349 g/mol. The van der Waals surface area contributed by atoms with Gasteiger partial charge in [0, 0.05) is 18.3 Å². The number of carbonyl (C=O) groups is 1. The second kappa shape index (κ2) is 6.59. The number of aromatic nitrogens is 4. The standard InChI is InChI=1S/C19H19N5O2/c1-13-8-9-15-19(20-13)26-11-10-24(15)17(25)12-16-21-22-18(23(16)2)14-6-4-3-5-7-14/h3-9H,10-12H2,1-2H3. The normalized spacial score (nSPS) is 13.2. The predicted molar refractivity (Wildman–Crippen MR) is 97.0 cm³/mol. The molecule has 1 amide bonds. The van der Waals surface area contributed by atoms with Crippen molar-refractivity contribution in [2.24, 2.45) is 7.05 Å². The molecule has 0 atom stereocenters. The third kappa shape index (κ3) is 2.92. The Balaban J connectivity index is 1.58. The van der Waals surface area contributed by atoms with Crippen LogP contribution in [0.1, 0.15) is 11.5 Å². The molecule has 4 rings (SSSR count). The van der Waals surface area contributed by atoms with Gasteiger partial charge in [-0.05, 0) is 19.1 Å². The lowest BCUT2D eigenvalue weighted by Crippen LogP contribution is -2.39. The van der Waals surface area contributed by atoms with Crippen LogP contribution in [0.4, 0.5) is 5.69 Å². The second-order valence-corrected chi connectivity index (χ2v) is 6.21. The van der Waals surface area contributed by atoms with Crippen LogP contribution in [0.2, 0.25) is 0 Å². The van der Waals surface area contributed by atoms with Gasteiger partial charge in [0.15, 0.2) is 5.82 Å². The highest BCUT2D eigenvalue weighted by atomic mass is 16.5. The Morgan fingerprint density at radius 2 is 1.96 bits per heavy atom. The minimum absolute atomic E-state index is 0.0460. The average molecular weight is 349 g/mol. The molecule has 0 aliphatic carbocycles. The Morgan fingerprint density at radius 1 is 1.15 bits per heavy atom. The summed E-state index contributed by atoms with van der Waals surface area (Å²) in [6, 6.07) is 13.6. The van der Waals surface area contributed by atoms with E-state index in [9.17, 15) is 4.79 Å². The molecule has 0 saturated heterocycles. The van der Waals surface area contributed by atoms with Crippen molar-refractivity contribution in [3.05, 3.63) is 54.0 Å². The third-order valence-electron chi connectivity index (χ3n) is 4.43. The summed E-state index contributed by atoms with van der Waals surface area (Å²) < 4.78 is 7.45. The van der Waals surface area contributed by atoms with Crippen LogP contribution in [0, 0.1) is 6.92 Å². The van der Waals surface area contributed by atoms with Crippen molar-refractivity contribution >= 4 is 11.6 Å². The van der Waals surface area contributed by atoms with Crippen molar-refractivity contribution in [2.75, 3.05) is 18.1 Å². The quantitative estimate of drug-likeness (QED) is 0.724. The highest BCUT2D eigenvalue weighted by Gasteiger charge is 2.26. The maximum atomic E-state index is 12.9. The van der Waals surface area contributed by atoms with Crippen LogP contribution in [0.5, 0.6) is 5.88 Å². The molecule has 0 unspecified atom stereocenters. The SMILES string of the molecule is Cc1ccc2c(n1)OCCN2C(=O)Cc1nnc(-c2ccccc2)n1C. The Morgan fingerprint density at radius 3 is 2.77 bits per heavy atom. The summed E-state index contributed by atoms with van der Waals surface area (Å²) >= 11 is 0. The first-order valence-corrected chi connectivity index (χ1v) is 8.48. The molecule has 0 fully saturated rings. The zero-order valence-corrected chi connectivity index (χ0v) is 14.7. The van der Waals surface area contributed by atoms with Crippen LogP contribution in [0.3, 0.4) is 0 Å². The van der Waals surface area contributed by atoms with Gasteiger partial charge in [0.1, 0.15) is 18.1 Å². The van der Waals surface area contributed by atoms with E-state index < -0.39 is 0 Å². The molecule has 0 bridgehead atoms. The topological polar surface area (TPSA) is 73.1 Å². The summed E-state index contributed by atoms with van der Waals surface area (Å²) in [5, 5.41) is 8.46. The number of rotatable bonds is 3. The van der Waals surface area contributed by atoms with Gasteiger partial charge in [-0.2, -0.15) is 0 Å². The fraction of sp³-hybridized carbons (Fsp3) is 0.263. The molecule has 7 heteroatoms. The Hall–Kier alpha value is -3.22. The molecule has 3 aromatic rings. The average Bonchev–Trinajstić information content (AvgIpc) is 3.02. The summed E-state index contributed by atoms with van der Waals surface area (Å²) in [6.45, 7) is 2.83. The molecule has 1 aliphatic heterocycles. The van der Waals surface area contributed by atoms with Crippen molar-refractivity contribution in [1.29, 1.82) is 0 Å². The van der Waals surface area contributed by atoms with Gasteiger partial charge >= 0.3 is 0 Å². The van der Waals surface area contributed by atoms with Gasteiger partial charge in [0.2, 0.25) is 11.8 Å². The highest BCUT2D eigenvalue weighted by molar-refractivity contribution is 5.96. The minimum Gasteiger partial charge on any atom is -0.474 e. The maximum Gasteiger partial charge on any atom is 0.238 e. The van der Waals surface area contributed by atoms with Crippen LogP contribution >= 0.6 is 0 Å². The maximum absolute atomic E-state index is 12.9. The number of benzene rings is 1. The molecule has 1 aliphatic rings. The molecule has 1 aromatic carbocycles. The summed E-state index contributed by atoms with van der Waals surface area (Å²) in [6.07, 6.45) is 0.170. The fourth-order valence-electron chi connectivity index (χ4n) is 3.04. The van der Waals surface area contributed by atoms with Gasteiger partial charge in [-0.1, -0.05) is 30.3 Å². The summed E-state index contributed by atoms with van der Waals surface area (Å²) in [5.74, 6) is 1.83. The van der Waals surface area contributed by atoms with E-state index in [1.165, 1.54) is 0 Å². The largest absolute Gasteiger partial charge is 0.474 e. The number of pyridine rings is 1. The molecular formula is C19H19N5O2. The van der Waals surface area contributed by atoms with Crippen molar-refractivity contribution in [3.63, 3.8) is 0 Å².